The van der Waals surface area contributed by atoms with Crippen molar-refractivity contribution in [2.24, 2.45) is 0 Å². The summed E-state index contributed by atoms with van der Waals surface area (Å²) in [6, 6.07) is 76.8. The summed E-state index contributed by atoms with van der Waals surface area (Å²) in [5.74, 6) is 1.79. The van der Waals surface area contributed by atoms with Crippen molar-refractivity contribution in [3.05, 3.63) is 252 Å². The van der Waals surface area contributed by atoms with E-state index in [-0.39, 0.29) is 0 Å². The van der Waals surface area contributed by atoms with Crippen molar-refractivity contribution in [1.82, 2.24) is 15.0 Å². The van der Waals surface area contributed by atoms with Gasteiger partial charge in [-0.1, -0.05) is 194 Å². The summed E-state index contributed by atoms with van der Waals surface area (Å²) in [4.78, 5) is 19.6. The summed E-state index contributed by atoms with van der Waals surface area (Å²) >= 11 is 0. The number of hydrogen-bond donors (Lipinski definition) is 0. The van der Waals surface area contributed by atoms with Crippen molar-refractivity contribution in [1.29, 1.82) is 0 Å². The van der Waals surface area contributed by atoms with Crippen LogP contribution in [0.15, 0.2) is 218 Å². The normalized spacial score (nSPS) is 12.6. The van der Waals surface area contributed by atoms with Gasteiger partial charge >= 0.3 is 0 Å². The molecule has 4 heteroatoms. The van der Waals surface area contributed by atoms with Crippen LogP contribution in [0.3, 0.4) is 0 Å². The van der Waals surface area contributed by atoms with Gasteiger partial charge in [-0.15, -0.1) is 0 Å². The molecule has 9 aromatic carbocycles. The van der Waals surface area contributed by atoms with Crippen LogP contribution >= 0.6 is 0 Å². The topological polar surface area (TPSA) is 43.0 Å². The molecule has 0 N–H and O–H groups in total. The van der Waals surface area contributed by atoms with Crippen LogP contribution < -0.4 is 0 Å². The van der Waals surface area contributed by atoms with Crippen LogP contribution in [-0.2, 0) is 5.41 Å². The zero-order valence-electron chi connectivity index (χ0n) is 34.1. The summed E-state index contributed by atoms with van der Waals surface area (Å²) in [5.41, 5.74) is 19.1. The van der Waals surface area contributed by atoms with Crippen LogP contribution in [0.2, 0.25) is 0 Å². The van der Waals surface area contributed by atoms with Gasteiger partial charge in [0.05, 0.1) is 12.0 Å². The molecule has 0 atom stereocenters. The highest BCUT2D eigenvalue weighted by Crippen LogP contribution is 2.64. The van der Waals surface area contributed by atoms with E-state index >= 15 is 0 Å². The first kappa shape index (κ1) is 36.3. The second-order valence-corrected chi connectivity index (χ2v) is 16.2. The van der Waals surface area contributed by atoms with Crippen molar-refractivity contribution in [2.75, 3.05) is 0 Å². The molecule has 0 fully saturated rings. The Kier molecular flexibility index (Phi) is 8.42. The van der Waals surface area contributed by atoms with E-state index in [2.05, 4.69) is 205 Å². The third-order valence-corrected chi connectivity index (χ3v) is 12.7. The summed E-state index contributed by atoms with van der Waals surface area (Å²) in [6.45, 7) is 8.04. The maximum absolute atomic E-state index is 8.04. The minimum atomic E-state index is -0.521. The number of benzene rings is 9. The zero-order chi connectivity index (χ0) is 41.9. The molecule has 292 valence electrons. The third kappa shape index (κ3) is 5.79. The fourth-order valence-electron chi connectivity index (χ4n) is 10.0. The highest BCUT2D eigenvalue weighted by molar-refractivity contribution is 6.01. The zero-order valence-corrected chi connectivity index (χ0v) is 34.1. The second kappa shape index (κ2) is 14.6. The predicted octanol–water partition coefficient (Wildman–Crippen LogP) is 14.8. The van der Waals surface area contributed by atoms with Gasteiger partial charge in [-0.3, -0.25) is 0 Å². The fourth-order valence-corrected chi connectivity index (χ4v) is 10.0. The van der Waals surface area contributed by atoms with Gasteiger partial charge in [-0.2, -0.15) is 0 Å². The van der Waals surface area contributed by atoms with E-state index in [1.807, 2.05) is 18.2 Å². The van der Waals surface area contributed by atoms with Crippen LogP contribution in [0.5, 0.6) is 0 Å². The van der Waals surface area contributed by atoms with Gasteiger partial charge in [-0.25, -0.2) is 19.8 Å². The lowest BCUT2D eigenvalue weighted by molar-refractivity contribution is 0.794. The minimum absolute atomic E-state index is 0.521. The Morgan fingerprint density at radius 2 is 0.698 bits per heavy atom. The standard InChI is InChI=1S/C59H36N4/c1-60-46-32-33-53-50(37-46)55-47(28-15-31-54(55)59(53)51-29-10-8-26-48(51)49-27-9-11-30-52(49)59)42-22-14-25-45(36-42)58-62-56(43-23-12-20-40(34-43)38-16-4-2-5-17-38)61-57(63-58)44-24-13-21-41(35-44)39-18-6-3-7-19-39/h2-37H. The lowest BCUT2D eigenvalue weighted by atomic mass is 9.70. The molecule has 0 saturated heterocycles. The summed E-state index contributed by atoms with van der Waals surface area (Å²) in [7, 11) is 0. The molecule has 12 rings (SSSR count). The van der Waals surface area contributed by atoms with Crippen LogP contribution in [0.4, 0.5) is 5.69 Å². The van der Waals surface area contributed by atoms with E-state index in [1.165, 1.54) is 33.4 Å². The van der Waals surface area contributed by atoms with Crippen LogP contribution in [-0.4, -0.2) is 15.0 Å². The first-order valence-electron chi connectivity index (χ1n) is 21.2. The van der Waals surface area contributed by atoms with E-state index in [9.17, 15) is 0 Å². The van der Waals surface area contributed by atoms with E-state index < -0.39 is 5.41 Å². The van der Waals surface area contributed by atoms with Gasteiger partial charge in [0.1, 0.15) is 0 Å². The maximum Gasteiger partial charge on any atom is 0.187 e. The van der Waals surface area contributed by atoms with Crippen molar-refractivity contribution in [2.45, 2.75) is 5.41 Å². The van der Waals surface area contributed by atoms with Gasteiger partial charge in [-0.05, 0) is 102 Å². The number of fused-ring (bicyclic) bond motifs is 10. The average Bonchev–Trinajstić information content (AvgIpc) is 3.84. The molecule has 0 aliphatic heterocycles. The molecule has 1 spiro atoms. The molecule has 2 aliphatic rings. The Hall–Kier alpha value is -8.52. The van der Waals surface area contributed by atoms with E-state index in [1.54, 1.807) is 0 Å². The monoisotopic (exact) mass is 800 g/mol. The first-order valence-corrected chi connectivity index (χ1v) is 21.2. The Morgan fingerprint density at radius 1 is 0.302 bits per heavy atom. The molecular weight excluding hydrogens is 765 g/mol. The molecule has 0 unspecified atom stereocenters. The molecule has 2 aliphatic carbocycles. The van der Waals surface area contributed by atoms with E-state index in [0.29, 0.717) is 23.2 Å². The molecule has 0 bridgehead atoms. The molecule has 1 aromatic heterocycles. The van der Waals surface area contributed by atoms with Crippen LogP contribution in [0.25, 0.3) is 94.6 Å². The molecule has 0 amide bonds. The average molecular weight is 801 g/mol. The number of aromatic nitrogens is 3. The van der Waals surface area contributed by atoms with Crippen molar-refractivity contribution < 1.29 is 0 Å². The lowest BCUT2D eigenvalue weighted by Crippen LogP contribution is -2.25. The Balaban J connectivity index is 1.05. The largest absolute Gasteiger partial charge is 0.238 e. The molecule has 0 radical (unpaired) electrons. The van der Waals surface area contributed by atoms with Gasteiger partial charge in [0.15, 0.2) is 23.2 Å². The molecule has 1 heterocycles. The minimum Gasteiger partial charge on any atom is -0.238 e. The summed E-state index contributed by atoms with van der Waals surface area (Å²) < 4.78 is 0. The fraction of sp³-hybridized carbons (Fsp3) is 0.0169. The SMILES string of the molecule is [C-]#[N+]c1ccc2c(c1)-c1c(-c3cccc(-c4nc(-c5cccc(-c6ccccc6)c5)nc(-c5cccc(-c6ccccc6)c5)n4)c3)cccc1C21c2ccccc2-c2ccccc21. The summed E-state index contributed by atoms with van der Waals surface area (Å²) in [6.07, 6.45) is 0. The van der Waals surface area contributed by atoms with Gasteiger partial charge in [0.2, 0.25) is 0 Å². The number of hydrogen-bond acceptors (Lipinski definition) is 3. The maximum atomic E-state index is 8.04. The lowest BCUT2D eigenvalue weighted by Gasteiger charge is -2.30. The second-order valence-electron chi connectivity index (χ2n) is 16.2. The molecule has 63 heavy (non-hydrogen) atoms. The van der Waals surface area contributed by atoms with E-state index in [0.717, 1.165) is 61.2 Å². The molecule has 0 saturated carbocycles. The predicted molar refractivity (Wildman–Crippen MR) is 255 cm³/mol. The highest BCUT2D eigenvalue weighted by Gasteiger charge is 2.52. The Morgan fingerprint density at radius 3 is 1.24 bits per heavy atom. The smallest absolute Gasteiger partial charge is 0.187 e. The van der Waals surface area contributed by atoms with Gasteiger partial charge < -0.3 is 0 Å². The summed E-state index contributed by atoms with van der Waals surface area (Å²) in [5, 5.41) is 0. The van der Waals surface area contributed by atoms with Gasteiger partial charge in [0.25, 0.3) is 0 Å². The molecular formula is C59H36N4. The van der Waals surface area contributed by atoms with Crippen molar-refractivity contribution in [3.63, 3.8) is 0 Å². The van der Waals surface area contributed by atoms with Crippen LogP contribution in [0, 0.1) is 6.57 Å². The number of rotatable bonds is 6. The molecule has 10 aromatic rings. The Labute approximate surface area is 366 Å². The molecule has 4 nitrogen and oxygen atoms in total. The van der Waals surface area contributed by atoms with Crippen LogP contribution in [0.1, 0.15) is 22.3 Å². The van der Waals surface area contributed by atoms with Crippen molar-refractivity contribution in [3.8, 4) is 89.8 Å². The first-order chi connectivity index (χ1) is 31.2. The quantitative estimate of drug-likeness (QED) is 0.157. The highest BCUT2D eigenvalue weighted by atomic mass is 15.0. The third-order valence-electron chi connectivity index (χ3n) is 12.7. The van der Waals surface area contributed by atoms with E-state index in [4.69, 9.17) is 21.5 Å². The van der Waals surface area contributed by atoms with Crippen molar-refractivity contribution >= 4 is 5.69 Å². The number of nitrogens with zero attached hydrogens (tertiary/aromatic N) is 4. The van der Waals surface area contributed by atoms with Gasteiger partial charge in [0, 0.05) is 16.7 Å². The Bertz CT molecular complexity index is 3330.